The van der Waals surface area contributed by atoms with Crippen LogP contribution in [0.25, 0.3) is 0 Å². The molecule has 0 aromatic heterocycles. The van der Waals surface area contributed by atoms with Gasteiger partial charge >= 0.3 is 0 Å². The van der Waals surface area contributed by atoms with E-state index in [1.807, 2.05) is 0 Å². The van der Waals surface area contributed by atoms with Crippen LogP contribution in [0.4, 0.5) is 5.69 Å². The summed E-state index contributed by atoms with van der Waals surface area (Å²) in [6, 6.07) is 10.7. The first kappa shape index (κ1) is 21.0. The number of amides is 3. The second-order valence-electron chi connectivity index (χ2n) is 7.37. The van der Waals surface area contributed by atoms with E-state index in [-0.39, 0.29) is 43.6 Å². The van der Waals surface area contributed by atoms with Crippen molar-refractivity contribution < 1.29 is 24.2 Å². The van der Waals surface area contributed by atoms with Crippen molar-refractivity contribution in [2.75, 3.05) is 6.61 Å². The number of benzene rings is 2. The number of fused-ring (bicyclic) bond motifs is 1. The van der Waals surface area contributed by atoms with Crippen molar-refractivity contribution in [1.29, 1.82) is 0 Å². The van der Waals surface area contributed by atoms with Crippen LogP contribution in [-0.2, 0) is 16.1 Å². The van der Waals surface area contributed by atoms with Gasteiger partial charge in [0.15, 0.2) is 0 Å². The van der Waals surface area contributed by atoms with Gasteiger partial charge in [0.05, 0.1) is 18.4 Å². The Labute approximate surface area is 183 Å². The first-order chi connectivity index (χ1) is 15.5. The molecule has 4 N–H and O–H groups in total. The van der Waals surface area contributed by atoms with Crippen molar-refractivity contribution in [2.24, 2.45) is 15.9 Å². The summed E-state index contributed by atoms with van der Waals surface area (Å²) < 4.78 is 5.86. The highest BCUT2D eigenvalue weighted by Crippen LogP contribution is 2.33. The van der Waals surface area contributed by atoms with Gasteiger partial charge < -0.3 is 20.6 Å². The fourth-order valence-corrected chi connectivity index (χ4v) is 3.64. The summed E-state index contributed by atoms with van der Waals surface area (Å²) in [5.74, 6) is 4.99. The molecule has 4 rings (SSSR count). The number of nitrogens with one attached hydrogen (secondary N) is 1. The molecule has 2 aromatic carbocycles. The van der Waals surface area contributed by atoms with Gasteiger partial charge in [-0.05, 0) is 42.8 Å². The summed E-state index contributed by atoms with van der Waals surface area (Å²) in [6.45, 7) is 0.217. The maximum atomic E-state index is 12.9. The lowest BCUT2D eigenvalue weighted by molar-refractivity contribution is -0.136. The number of carbonyl (C=O) groups excluding carboxylic acids is 3. The third-order valence-electron chi connectivity index (χ3n) is 5.29. The molecule has 0 spiro atoms. The summed E-state index contributed by atoms with van der Waals surface area (Å²) >= 11 is 0. The van der Waals surface area contributed by atoms with E-state index in [4.69, 9.17) is 10.6 Å². The maximum Gasteiger partial charge on any atom is 0.255 e. The number of rotatable bonds is 6. The largest absolute Gasteiger partial charge is 0.508 e. The monoisotopic (exact) mass is 435 g/mol. The zero-order valence-electron chi connectivity index (χ0n) is 17.0. The van der Waals surface area contributed by atoms with Gasteiger partial charge in [-0.2, -0.15) is 5.10 Å². The third kappa shape index (κ3) is 4.29. The van der Waals surface area contributed by atoms with Gasteiger partial charge in [-0.1, -0.05) is 6.07 Å². The van der Waals surface area contributed by atoms with Crippen molar-refractivity contribution in [3.05, 3.63) is 53.6 Å². The smallest absolute Gasteiger partial charge is 0.255 e. The van der Waals surface area contributed by atoms with Gasteiger partial charge in [-0.25, -0.2) is 0 Å². The number of phenols is 1. The van der Waals surface area contributed by atoms with E-state index in [1.165, 1.54) is 23.2 Å². The highest BCUT2D eigenvalue weighted by Gasteiger charge is 2.40. The molecule has 10 heteroatoms. The van der Waals surface area contributed by atoms with Crippen molar-refractivity contribution in [2.45, 2.75) is 25.4 Å². The van der Waals surface area contributed by atoms with Crippen LogP contribution in [0.3, 0.4) is 0 Å². The number of aromatic hydroxyl groups is 1. The van der Waals surface area contributed by atoms with Gasteiger partial charge in [-0.15, -0.1) is 0 Å². The lowest BCUT2D eigenvalue weighted by atomic mass is 10.0. The number of carbonyl (C=O) groups is 3. The number of imide groups is 1. The average molecular weight is 435 g/mol. The molecule has 0 bridgehead atoms. The van der Waals surface area contributed by atoms with E-state index in [2.05, 4.69) is 15.4 Å². The van der Waals surface area contributed by atoms with E-state index in [0.717, 1.165) is 0 Å². The van der Waals surface area contributed by atoms with Gasteiger partial charge in [0, 0.05) is 17.5 Å². The number of hydrazone groups is 1. The maximum absolute atomic E-state index is 12.9. The Morgan fingerprint density at radius 1 is 1.22 bits per heavy atom. The van der Waals surface area contributed by atoms with Crippen LogP contribution >= 0.6 is 0 Å². The number of ether oxygens (including phenoxy) is 1. The highest BCUT2D eigenvalue weighted by molar-refractivity contribution is 6.31. The molecule has 32 heavy (non-hydrogen) atoms. The molecule has 2 aromatic rings. The molecular weight excluding hydrogens is 414 g/mol. The lowest BCUT2D eigenvalue weighted by Gasteiger charge is -2.29. The Bertz CT molecular complexity index is 1130. The SMILES string of the molecule is NN=C(C=Nc1ccc(O)cc1)COc1cccc2c1CN(C1CCC(=O)NC1=O)C2=O. The van der Waals surface area contributed by atoms with E-state index >= 15 is 0 Å². The molecule has 2 aliphatic rings. The number of piperidine rings is 1. The Morgan fingerprint density at radius 2 is 2.00 bits per heavy atom. The van der Waals surface area contributed by atoms with Gasteiger partial charge in [0.2, 0.25) is 11.8 Å². The zero-order chi connectivity index (χ0) is 22.7. The van der Waals surface area contributed by atoms with Crippen LogP contribution in [0.1, 0.15) is 28.8 Å². The Morgan fingerprint density at radius 3 is 2.72 bits per heavy atom. The molecule has 0 saturated carbocycles. The second-order valence-corrected chi connectivity index (χ2v) is 7.37. The summed E-state index contributed by atoms with van der Waals surface area (Å²) in [4.78, 5) is 42.2. The van der Waals surface area contributed by atoms with Crippen molar-refractivity contribution in [1.82, 2.24) is 10.2 Å². The molecular formula is C22H21N5O5. The van der Waals surface area contributed by atoms with Crippen LogP contribution in [0.5, 0.6) is 11.5 Å². The normalized spacial score (nSPS) is 18.8. The summed E-state index contributed by atoms with van der Waals surface area (Å²) in [7, 11) is 0. The van der Waals surface area contributed by atoms with Gasteiger partial charge in [0.25, 0.3) is 5.91 Å². The predicted octanol–water partition coefficient (Wildman–Crippen LogP) is 1.25. The van der Waals surface area contributed by atoms with Crippen LogP contribution in [0.2, 0.25) is 0 Å². The quantitative estimate of drug-likeness (QED) is 0.269. The molecule has 0 aliphatic carbocycles. The molecule has 2 aliphatic heterocycles. The Hall–Kier alpha value is -4.21. The highest BCUT2D eigenvalue weighted by atomic mass is 16.5. The van der Waals surface area contributed by atoms with E-state index in [1.54, 1.807) is 30.3 Å². The van der Waals surface area contributed by atoms with Gasteiger partial charge in [0.1, 0.15) is 29.9 Å². The zero-order valence-corrected chi connectivity index (χ0v) is 17.0. The molecule has 1 saturated heterocycles. The van der Waals surface area contributed by atoms with Crippen LogP contribution < -0.4 is 15.9 Å². The number of hydrogen-bond acceptors (Lipinski definition) is 8. The summed E-state index contributed by atoms with van der Waals surface area (Å²) in [6.07, 6.45) is 1.94. The molecule has 2 heterocycles. The topological polar surface area (TPSA) is 147 Å². The minimum Gasteiger partial charge on any atom is -0.508 e. The molecule has 3 amide bonds. The molecule has 164 valence electrons. The standard InChI is InChI=1S/C22H21N5O5/c23-26-14(10-24-13-4-6-15(28)7-5-13)12-32-19-3-1-2-16-17(19)11-27(22(16)31)18-8-9-20(29)25-21(18)30/h1-7,10,18,28H,8-9,11-12,23H2,(H,25,29,30). The van der Waals surface area contributed by atoms with Crippen molar-refractivity contribution in [3.63, 3.8) is 0 Å². The van der Waals surface area contributed by atoms with E-state index in [9.17, 15) is 19.5 Å². The van der Waals surface area contributed by atoms with E-state index < -0.39 is 11.9 Å². The number of nitrogens with two attached hydrogens (primary N) is 1. The van der Waals surface area contributed by atoms with Crippen molar-refractivity contribution >= 4 is 35.3 Å². The van der Waals surface area contributed by atoms with Crippen LogP contribution in [0, 0.1) is 0 Å². The summed E-state index contributed by atoms with van der Waals surface area (Å²) in [5.41, 5.74) is 2.09. The Kier molecular flexibility index (Phi) is 5.84. The first-order valence-electron chi connectivity index (χ1n) is 9.95. The number of aliphatic imine (C=N–C) groups is 1. The molecule has 1 atom stereocenters. The Balaban J connectivity index is 1.45. The lowest BCUT2D eigenvalue weighted by Crippen LogP contribution is -2.52. The summed E-state index contributed by atoms with van der Waals surface area (Å²) in [5, 5.41) is 15.3. The number of hydrogen-bond donors (Lipinski definition) is 3. The molecule has 1 unspecified atom stereocenters. The predicted molar refractivity (Wildman–Crippen MR) is 116 cm³/mol. The molecule has 10 nitrogen and oxygen atoms in total. The first-order valence-corrected chi connectivity index (χ1v) is 9.95. The molecule has 1 fully saturated rings. The fraction of sp³-hybridized carbons (Fsp3) is 0.227. The number of phenolic OH excluding ortho intramolecular Hbond substituents is 1. The van der Waals surface area contributed by atoms with Crippen LogP contribution in [-0.4, -0.2) is 52.3 Å². The van der Waals surface area contributed by atoms with Gasteiger partial charge in [-0.3, -0.25) is 24.7 Å². The minimum atomic E-state index is -0.695. The third-order valence-corrected chi connectivity index (χ3v) is 5.29. The van der Waals surface area contributed by atoms with Crippen molar-refractivity contribution in [3.8, 4) is 11.5 Å². The molecule has 0 radical (unpaired) electrons. The minimum absolute atomic E-state index is 0.0150. The fourth-order valence-electron chi connectivity index (χ4n) is 3.64. The average Bonchev–Trinajstić information content (AvgIpc) is 3.12. The van der Waals surface area contributed by atoms with Crippen LogP contribution in [0.15, 0.2) is 52.6 Å². The van der Waals surface area contributed by atoms with E-state index in [0.29, 0.717) is 28.3 Å². The number of nitrogens with zero attached hydrogens (tertiary/aromatic N) is 3. The second kappa shape index (κ2) is 8.88.